The number of nitrogens with zero attached hydrogens (tertiary/aromatic N) is 1. The molecule has 0 saturated carbocycles. The Morgan fingerprint density at radius 1 is 0.778 bits per heavy atom. The Morgan fingerprint density at radius 2 is 1.26 bits per heavy atom. The van der Waals surface area contributed by atoms with Gasteiger partial charge in [-0.15, -0.1) is 0 Å². The van der Waals surface area contributed by atoms with E-state index in [1.165, 1.54) is 23.1 Å². The zero-order valence-electron chi connectivity index (χ0n) is 16.0. The highest BCUT2D eigenvalue weighted by Gasteiger charge is 2.40. The molecule has 1 N–H and O–H groups in total. The van der Waals surface area contributed by atoms with Crippen LogP contribution in [0.15, 0.2) is 91.0 Å². The van der Waals surface area contributed by atoms with E-state index in [9.17, 15) is 0 Å². The Morgan fingerprint density at radius 3 is 1.67 bits per heavy atom. The molecule has 1 fully saturated rings. The van der Waals surface area contributed by atoms with E-state index in [4.69, 9.17) is 0 Å². The van der Waals surface area contributed by atoms with Crippen molar-refractivity contribution in [2.75, 3.05) is 13.1 Å². The molecule has 0 amide bonds. The lowest BCUT2D eigenvalue weighted by atomic mass is 9.85. The third-order valence-corrected chi connectivity index (χ3v) is 5.64. The zero-order valence-corrected chi connectivity index (χ0v) is 16.0. The first-order chi connectivity index (χ1) is 13.4. The molecule has 138 valence electrons. The maximum Gasteiger partial charge on any atom is 0.0604 e. The van der Waals surface area contributed by atoms with Gasteiger partial charge in [0.1, 0.15) is 0 Å². The minimum Gasteiger partial charge on any atom is -0.309 e. The molecule has 1 aliphatic heterocycles. The lowest BCUT2D eigenvalue weighted by molar-refractivity contribution is 0.0302. The lowest BCUT2D eigenvalue weighted by Gasteiger charge is -2.50. The maximum absolute atomic E-state index is 3.75. The average molecular weight is 357 g/mol. The van der Waals surface area contributed by atoms with Crippen LogP contribution in [-0.4, -0.2) is 24.0 Å². The van der Waals surface area contributed by atoms with Gasteiger partial charge in [-0.25, -0.2) is 0 Å². The minimum atomic E-state index is 0.302. The lowest BCUT2D eigenvalue weighted by Crippen LogP contribution is -2.55. The van der Waals surface area contributed by atoms with Gasteiger partial charge in [0.15, 0.2) is 0 Å². The van der Waals surface area contributed by atoms with Crippen molar-refractivity contribution in [2.24, 2.45) is 0 Å². The van der Waals surface area contributed by atoms with Crippen molar-refractivity contribution in [1.82, 2.24) is 10.2 Å². The first kappa shape index (κ1) is 18.0. The van der Waals surface area contributed by atoms with Crippen LogP contribution in [0.1, 0.15) is 42.1 Å². The van der Waals surface area contributed by atoms with Gasteiger partial charge in [-0.1, -0.05) is 97.9 Å². The third kappa shape index (κ3) is 3.83. The summed E-state index contributed by atoms with van der Waals surface area (Å²) in [5, 5.41) is 3.75. The normalized spacial score (nSPS) is 18.2. The highest BCUT2D eigenvalue weighted by Crippen LogP contribution is 2.40. The fraction of sp³-hybridized carbons (Fsp3) is 0.280. The summed E-state index contributed by atoms with van der Waals surface area (Å²) >= 11 is 0. The third-order valence-electron chi connectivity index (χ3n) is 5.64. The number of benzene rings is 3. The van der Waals surface area contributed by atoms with Crippen molar-refractivity contribution in [2.45, 2.75) is 31.5 Å². The van der Waals surface area contributed by atoms with Crippen LogP contribution in [0.2, 0.25) is 0 Å². The molecule has 2 nitrogen and oxygen atoms in total. The van der Waals surface area contributed by atoms with E-state index < -0.39 is 0 Å². The molecule has 3 aromatic carbocycles. The van der Waals surface area contributed by atoms with E-state index in [2.05, 4.69) is 108 Å². The molecular formula is C25H28N2. The van der Waals surface area contributed by atoms with Crippen molar-refractivity contribution in [3.8, 4) is 0 Å². The van der Waals surface area contributed by atoms with E-state index in [1.54, 1.807) is 0 Å². The number of nitrogens with one attached hydrogen (secondary N) is 1. The molecule has 3 aromatic rings. The fourth-order valence-corrected chi connectivity index (χ4v) is 4.31. The molecule has 2 heteroatoms. The molecule has 0 spiro atoms. The topological polar surface area (TPSA) is 15.3 Å². The second kappa shape index (κ2) is 8.51. The van der Waals surface area contributed by atoms with E-state index in [0.29, 0.717) is 18.1 Å². The predicted molar refractivity (Wildman–Crippen MR) is 113 cm³/mol. The summed E-state index contributed by atoms with van der Waals surface area (Å²) in [7, 11) is 0. The van der Waals surface area contributed by atoms with Gasteiger partial charge in [-0.05, 0) is 29.7 Å². The van der Waals surface area contributed by atoms with Crippen LogP contribution >= 0.6 is 0 Å². The first-order valence-corrected chi connectivity index (χ1v) is 10.0. The average Bonchev–Trinajstić information content (AvgIpc) is 2.72. The molecule has 4 rings (SSSR count). The van der Waals surface area contributed by atoms with Crippen LogP contribution in [0.25, 0.3) is 0 Å². The van der Waals surface area contributed by atoms with Crippen LogP contribution in [0.5, 0.6) is 0 Å². The Hall–Kier alpha value is -2.42. The molecule has 2 unspecified atom stereocenters. The quantitative estimate of drug-likeness (QED) is 0.626. The highest BCUT2D eigenvalue weighted by molar-refractivity contribution is 5.33. The van der Waals surface area contributed by atoms with E-state index in [1.807, 2.05) is 0 Å². The molecule has 0 bridgehead atoms. The Labute approximate surface area is 162 Å². The first-order valence-electron chi connectivity index (χ1n) is 10.0. The van der Waals surface area contributed by atoms with Crippen LogP contribution in [-0.2, 0) is 0 Å². The number of likely N-dealkylation sites (tertiary alicyclic amines) is 1. The second-order valence-electron chi connectivity index (χ2n) is 7.26. The van der Waals surface area contributed by atoms with Crippen molar-refractivity contribution >= 4 is 0 Å². The number of hydrogen-bond acceptors (Lipinski definition) is 2. The van der Waals surface area contributed by atoms with Crippen LogP contribution in [0.4, 0.5) is 0 Å². The molecule has 0 radical (unpaired) electrons. The molecule has 27 heavy (non-hydrogen) atoms. The predicted octanol–water partition coefficient (Wildman–Crippen LogP) is 5.20. The van der Waals surface area contributed by atoms with Gasteiger partial charge in [-0.3, -0.25) is 4.90 Å². The summed E-state index contributed by atoms with van der Waals surface area (Å²) in [6.07, 6.45) is 1.22. The van der Waals surface area contributed by atoms with Crippen LogP contribution < -0.4 is 5.32 Å². The maximum atomic E-state index is 3.75. The van der Waals surface area contributed by atoms with Gasteiger partial charge >= 0.3 is 0 Å². The van der Waals surface area contributed by atoms with Crippen molar-refractivity contribution in [3.05, 3.63) is 108 Å². The van der Waals surface area contributed by atoms with E-state index >= 15 is 0 Å². The number of likely N-dealkylation sites (N-methyl/N-ethyl adjacent to an activating group) is 1. The van der Waals surface area contributed by atoms with Crippen molar-refractivity contribution in [3.63, 3.8) is 0 Å². The van der Waals surface area contributed by atoms with E-state index in [-0.39, 0.29) is 0 Å². The zero-order chi connectivity index (χ0) is 18.5. The second-order valence-corrected chi connectivity index (χ2v) is 7.26. The summed E-state index contributed by atoms with van der Waals surface area (Å²) in [5.74, 6) is 0. The Kier molecular flexibility index (Phi) is 5.66. The molecule has 0 aliphatic carbocycles. The van der Waals surface area contributed by atoms with Gasteiger partial charge in [0.05, 0.1) is 6.04 Å². The number of rotatable bonds is 7. The van der Waals surface area contributed by atoms with Gasteiger partial charge in [0, 0.05) is 18.6 Å². The molecule has 0 aromatic heterocycles. The largest absolute Gasteiger partial charge is 0.309 e. The summed E-state index contributed by atoms with van der Waals surface area (Å²) in [6.45, 7) is 4.31. The van der Waals surface area contributed by atoms with Gasteiger partial charge in [-0.2, -0.15) is 0 Å². The Bertz CT molecular complexity index is 777. The van der Waals surface area contributed by atoms with Gasteiger partial charge in [0.2, 0.25) is 0 Å². The summed E-state index contributed by atoms with van der Waals surface area (Å²) in [4.78, 5) is 2.67. The SMILES string of the molecule is CCNC(c1ccccc1)C1CCN1C(c1ccccc1)c1ccccc1. The van der Waals surface area contributed by atoms with Crippen LogP contribution in [0.3, 0.4) is 0 Å². The van der Waals surface area contributed by atoms with Gasteiger partial charge < -0.3 is 5.32 Å². The molecule has 1 heterocycles. The molecule has 1 saturated heterocycles. The molecule has 1 aliphatic rings. The fourth-order valence-electron chi connectivity index (χ4n) is 4.31. The summed E-state index contributed by atoms with van der Waals surface area (Å²) < 4.78 is 0. The number of hydrogen-bond donors (Lipinski definition) is 1. The van der Waals surface area contributed by atoms with Crippen LogP contribution in [0, 0.1) is 0 Å². The highest BCUT2D eigenvalue weighted by atomic mass is 15.3. The van der Waals surface area contributed by atoms with Crippen molar-refractivity contribution < 1.29 is 0 Å². The molecule has 2 atom stereocenters. The van der Waals surface area contributed by atoms with E-state index in [0.717, 1.165) is 13.1 Å². The molecular weight excluding hydrogens is 328 g/mol. The smallest absolute Gasteiger partial charge is 0.0604 e. The standard InChI is InChI=1S/C25H28N2/c1-2-26-24(20-12-6-3-7-13-20)23-18-19-27(23)25(21-14-8-4-9-15-21)22-16-10-5-11-17-22/h3-17,23-26H,2,18-19H2,1H3. The van der Waals surface area contributed by atoms with Gasteiger partial charge in [0.25, 0.3) is 0 Å². The Balaban J connectivity index is 1.68. The monoisotopic (exact) mass is 356 g/mol. The van der Waals surface area contributed by atoms with Crippen molar-refractivity contribution in [1.29, 1.82) is 0 Å². The minimum absolute atomic E-state index is 0.302. The summed E-state index contributed by atoms with van der Waals surface area (Å²) in [5.41, 5.74) is 4.13. The summed E-state index contributed by atoms with van der Waals surface area (Å²) in [6, 6.07) is 33.9.